The van der Waals surface area contributed by atoms with Crippen molar-refractivity contribution >= 4 is 34.7 Å². The van der Waals surface area contributed by atoms with Crippen LogP contribution in [0.4, 0.5) is 10.5 Å². The number of piperidine rings is 1. The number of anilines is 1. The predicted molar refractivity (Wildman–Crippen MR) is 89.9 cm³/mol. The summed E-state index contributed by atoms with van der Waals surface area (Å²) < 4.78 is 6.04. The molecule has 5 nitrogen and oxygen atoms in total. The van der Waals surface area contributed by atoms with Crippen molar-refractivity contribution in [2.75, 3.05) is 38.2 Å². The van der Waals surface area contributed by atoms with E-state index >= 15 is 0 Å². The SMILES string of the molecule is O=C(Nc1ccsc1Cl)NC1CCN(CC2CCOC2)CC1. The van der Waals surface area contributed by atoms with Gasteiger partial charge in [-0.15, -0.1) is 11.3 Å². The number of hydrogen-bond acceptors (Lipinski definition) is 4. The van der Waals surface area contributed by atoms with Crippen LogP contribution in [0.15, 0.2) is 11.4 Å². The fraction of sp³-hybridized carbons (Fsp3) is 0.667. The molecule has 2 N–H and O–H groups in total. The van der Waals surface area contributed by atoms with Crippen molar-refractivity contribution in [3.05, 3.63) is 15.8 Å². The molecule has 7 heteroatoms. The van der Waals surface area contributed by atoms with E-state index in [1.54, 1.807) is 0 Å². The highest BCUT2D eigenvalue weighted by atomic mass is 35.5. The molecule has 1 aromatic rings. The van der Waals surface area contributed by atoms with E-state index in [1.165, 1.54) is 17.8 Å². The highest BCUT2D eigenvalue weighted by Crippen LogP contribution is 2.27. The zero-order valence-electron chi connectivity index (χ0n) is 12.5. The number of halogens is 1. The number of rotatable bonds is 4. The molecule has 1 unspecified atom stereocenters. The quantitative estimate of drug-likeness (QED) is 0.883. The van der Waals surface area contributed by atoms with Crippen molar-refractivity contribution in [1.29, 1.82) is 0 Å². The Hall–Kier alpha value is -0.820. The number of thiophene rings is 1. The first-order valence-corrected chi connectivity index (χ1v) is 9.07. The van der Waals surface area contributed by atoms with Crippen LogP contribution in [0.25, 0.3) is 0 Å². The monoisotopic (exact) mass is 343 g/mol. The molecule has 3 heterocycles. The van der Waals surface area contributed by atoms with E-state index in [9.17, 15) is 4.79 Å². The van der Waals surface area contributed by atoms with Crippen LogP contribution in [0, 0.1) is 5.92 Å². The molecule has 3 rings (SSSR count). The Morgan fingerprint density at radius 1 is 1.41 bits per heavy atom. The zero-order valence-corrected chi connectivity index (χ0v) is 14.1. The molecular weight excluding hydrogens is 322 g/mol. The molecule has 0 saturated carbocycles. The van der Waals surface area contributed by atoms with Gasteiger partial charge in [-0.25, -0.2) is 4.79 Å². The summed E-state index contributed by atoms with van der Waals surface area (Å²) in [5.41, 5.74) is 0.683. The molecule has 1 atom stereocenters. The number of hydrogen-bond donors (Lipinski definition) is 2. The Labute approximate surface area is 140 Å². The van der Waals surface area contributed by atoms with Crippen LogP contribution in [0.3, 0.4) is 0 Å². The van der Waals surface area contributed by atoms with Crippen LogP contribution >= 0.6 is 22.9 Å². The number of urea groups is 1. The van der Waals surface area contributed by atoms with E-state index in [2.05, 4.69) is 15.5 Å². The van der Waals surface area contributed by atoms with Crippen LogP contribution in [-0.4, -0.2) is 49.8 Å². The summed E-state index contributed by atoms with van der Waals surface area (Å²) in [6.07, 6.45) is 3.18. The molecule has 2 saturated heterocycles. The van der Waals surface area contributed by atoms with Gasteiger partial charge >= 0.3 is 6.03 Å². The number of carbonyl (C=O) groups is 1. The summed E-state index contributed by atoms with van der Waals surface area (Å²) in [6, 6.07) is 1.90. The second kappa shape index (κ2) is 7.64. The summed E-state index contributed by atoms with van der Waals surface area (Å²) in [5.74, 6) is 0.688. The molecular formula is C15H22ClN3O2S. The molecule has 2 aliphatic rings. The Balaban J connectivity index is 1.38. The standard InChI is InChI=1S/C15H22ClN3O2S/c16-14-13(4-8-22-14)18-15(20)17-12-1-5-19(6-2-12)9-11-3-7-21-10-11/h4,8,11-12H,1-3,5-7,9-10H2,(H2,17,18,20). The topological polar surface area (TPSA) is 53.6 Å². The molecule has 2 aliphatic heterocycles. The molecule has 0 spiro atoms. The summed E-state index contributed by atoms with van der Waals surface area (Å²) in [6.45, 7) is 5.03. The van der Waals surface area contributed by atoms with Gasteiger partial charge in [0.15, 0.2) is 0 Å². The van der Waals surface area contributed by atoms with Crippen LogP contribution in [0.5, 0.6) is 0 Å². The normalized spacial score (nSPS) is 23.6. The van der Waals surface area contributed by atoms with Gasteiger partial charge in [0.1, 0.15) is 4.34 Å². The Bertz CT molecular complexity index is 497. The molecule has 1 aromatic heterocycles. The second-order valence-corrected chi connectivity index (χ2v) is 7.53. The predicted octanol–water partition coefficient (Wildman–Crippen LogP) is 3.02. The van der Waals surface area contributed by atoms with Crippen molar-refractivity contribution in [3.63, 3.8) is 0 Å². The molecule has 0 bridgehead atoms. The molecule has 2 fully saturated rings. The third kappa shape index (κ3) is 4.35. The average Bonchev–Trinajstić information content (AvgIpc) is 3.14. The molecule has 0 aromatic carbocycles. The van der Waals surface area contributed by atoms with E-state index < -0.39 is 0 Å². The van der Waals surface area contributed by atoms with Gasteiger partial charge in [0.2, 0.25) is 0 Å². The Kier molecular flexibility index (Phi) is 5.57. The molecule has 22 heavy (non-hydrogen) atoms. The van der Waals surface area contributed by atoms with Crippen molar-refractivity contribution in [2.45, 2.75) is 25.3 Å². The van der Waals surface area contributed by atoms with Crippen molar-refractivity contribution in [3.8, 4) is 0 Å². The summed E-state index contributed by atoms with van der Waals surface area (Å²) in [5, 5.41) is 7.71. The number of nitrogens with zero attached hydrogens (tertiary/aromatic N) is 1. The number of ether oxygens (including phenoxy) is 1. The fourth-order valence-electron chi connectivity index (χ4n) is 3.08. The maximum atomic E-state index is 12.0. The smallest absolute Gasteiger partial charge is 0.319 e. The summed E-state index contributed by atoms with van der Waals surface area (Å²) >= 11 is 7.40. The maximum absolute atomic E-state index is 12.0. The lowest BCUT2D eigenvalue weighted by molar-refractivity contribution is 0.148. The number of amides is 2. The molecule has 0 aliphatic carbocycles. The van der Waals surface area contributed by atoms with E-state index in [0.29, 0.717) is 15.9 Å². The fourth-order valence-corrected chi connectivity index (χ4v) is 3.91. The van der Waals surface area contributed by atoms with Gasteiger partial charge in [-0.05, 0) is 36.6 Å². The van der Waals surface area contributed by atoms with Crippen LogP contribution < -0.4 is 10.6 Å². The average molecular weight is 344 g/mol. The first-order chi connectivity index (χ1) is 10.7. The highest BCUT2D eigenvalue weighted by Gasteiger charge is 2.24. The first-order valence-electron chi connectivity index (χ1n) is 7.81. The lowest BCUT2D eigenvalue weighted by atomic mass is 10.0. The van der Waals surface area contributed by atoms with Crippen molar-refractivity contribution in [2.24, 2.45) is 5.92 Å². The van der Waals surface area contributed by atoms with Gasteiger partial charge in [-0.3, -0.25) is 0 Å². The van der Waals surface area contributed by atoms with E-state index in [-0.39, 0.29) is 12.1 Å². The lowest BCUT2D eigenvalue weighted by Crippen LogP contribution is -2.46. The Morgan fingerprint density at radius 2 is 2.23 bits per heavy atom. The Morgan fingerprint density at radius 3 is 2.86 bits per heavy atom. The third-order valence-corrected chi connectivity index (χ3v) is 5.50. The van der Waals surface area contributed by atoms with Gasteiger partial charge in [-0.2, -0.15) is 0 Å². The van der Waals surface area contributed by atoms with Gasteiger partial charge in [-0.1, -0.05) is 11.6 Å². The highest BCUT2D eigenvalue weighted by molar-refractivity contribution is 7.15. The van der Waals surface area contributed by atoms with E-state index in [1.807, 2.05) is 11.4 Å². The number of carbonyl (C=O) groups excluding carboxylic acids is 1. The van der Waals surface area contributed by atoms with Crippen molar-refractivity contribution in [1.82, 2.24) is 10.2 Å². The van der Waals surface area contributed by atoms with Crippen LogP contribution in [-0.2, 0) is 4.74 Å². The number of nitrogens with one attached hydrogen (secondary N) is 2. The van der Waals surface area contributed by atoms with Gasteiger partial charge in [0.05, 0.1) is 12.3 Å². The van der Waals surface area contributed by atoms with Crippen LogP contribution in [0.2, 0.25) is 4.34 Å². The van der Waals surface area contributed by atoms with Gasteiger partial charge < -0.3 is 20.3 Å². The zero-order chi connectivity index (χ0) is 15.4. The van der Waals surface area contributed by atoms with Gasteiger partial charge in [0, 0.05) is 32.3 Å². The minimum absolute atomic E-state index is 0.164. The first kappa shape index (κ1) is 16.1. The molecule has 2 amide bonds. The summed E-state index contributed by atoms with van der Waals surface area (Å²) in [4.78, 5) is 14.5. The second-order valence-electron chi connectivity index (χ2n) is 6.01. The van der Waals surface area contributed by atoms with Crippen molar-refractivity contribution < 1.29 is 9.53 Å². The largest absolute Gasteiger partial charge is 0.381 e. The molecule has 0 radical (unpaired) electrons. The minimum atomic E-state index is -0.164. The third-order valence-electron chi connectivity index (χ3n) is 4.33. The number of likely N-dealkylation sites (tertiary alicyclic amines) is 1. The van der Waals surface area contributed by atoms with E-state index in [0.717, 1.165) is 45.7 Å². The lowest BCUT2D eigenvalue weighted by Gasteiger charge is -2.33. The maximum Gasteiger partial charge on any atom is 0.319 e. The van der Waals surface area contributed by atoms with Gasteiger partial charge in [0.25, 0.3) is 0 Å². The minimum Gasteiger partial charge on any atom is -0.381 e. The van der Waals surface area contributed by atoms with E-state index in [4.69, 9.17) is 16.3 Å². The summed E-state index contributed by atoms with van der Waals surface area (Å²) in [7, 11) is 0. The molecule has 122 valence electrons. The van der Waals surface area contributed by atoms with Crippen LogP contribution in [0.1, 0.15) is 19.3 Å².